The van der Waals surface area contributed by atoms with Crippen molar-refractivity contribution < 1.29 is 27.0 Å². The molecule has 0 aromatic carbocycles. The van der Waals surface area contributed by atoms with Crippen LogP contribution in [0.25, 0.3) is 0 Å². The number of carboxylic acids is 1. The smallest absolute Gasteiger partial charge is 0.321 e. The van der Waals surface area contributed by atoms with Crippen molar-refractivity contribution in [2.24, 2.45) is 5.73 Å². The number of rotatable bonds is 2. The number of thiol groups is 1. The van der Waals surface area contributed by atoms with Crippen LogP contribution in [0.5, 0.6) is 0 Å². The van der Waals surface area contributed by atoms with Gasteiger partial charge < -0.3 is 10.8 Å². The van der Waals surface area contributed by atoms with Crippen LogP contribution in [-0.2, 0) is 21.9 Å². The van der Waals surface area contributed by atoms with Crippen LogP contribution in [0.1, 0.15) is 13.8 Å². The van der Waals surface area contributed by atoms with Crippen LogP contribution >= 0.6 is 12.6 Å². The van der Waals surface area contributed by atoms with Gasteiger partial charge in [-0.15, -0.1) is 0 Å². The molecule has 10 heavy (non-hydrogen) atoms. The third-order valence-corrected chi connectivity index (χ3v) is 1.31. The molecule has 0 fully saturated rings. The van der Waals surface area contributed by atoms with E-state index >= 15 is 0 Å². The SMILES string of the molecule is CC(C)(S)[C@@H](N)C(=O)O.[Mn]. The Balaban J connectivity index is 0. The monoisotopic (exact) mass is 204 g/mol. The molecule has 0 rings (SSSR count). The van der Waals surface area contributed by atoms with Gasteiger partial charge in [0.05, 0.1) is 0 Å². The van der Waals surface area contributed by atoms with E-state index in [0.29, 0.717) is 0 Å². The molecular formula is C5H11MnNO2S. The second kappa shape index (κ2) is 4.23. The molecule has 3 N–H and O–H groups in total. The van der Waals surface area contributed by atoms with Gasteiger partial charge in [-0.05, 0) is 13.8 Å². The zero-order chi connectivity index (χ0) is 7.65. The molecule has 0 unspecified atom stereocenters. The summed E-state index contributed by atoms with van der Waals surface area (Å²) in [5, 5.41) is 8.34. The second-order valence-electron chi connectivity index (χ2n) is 2.47. The van der Waals surface area contributed by atoms with Crippen molar-refractivity contribution in [3.63, 3.8) is 0 Å². The van der Waals surface area contributed by atoms with Gasteiger partial charge in [-0.2, -0.15) is 12.6 Å². The zero-order valence-electron chi connectivity index (χ0n) is 5.84. The summed E-state index contributed by atoms with van der Waals surface area (Å²) in [7, 11) is 0. The van der Waals surface area contributed by atoms with Crippen LogP contribution in [0.2, 0.25) is 0 Å². The first kappa shape index (κ1) is 12.9. The van der Waals surface area contributed by atoms with E-state index in [2.05, 4.69) is 12.6 Å². The Kier molecular flexibility index (Phi) is 5.48. The molecule has 0 amide bonds. The first-order valence-electron chi connectivity index (χ1n) is 2.56. The topological polar surface area (TPSA) is 63.3 Å². The van der Waals surface area contributed by atoms with E-state index in [0.717, 1.165) is 0 Å². The fourth-order valence-corrected chi connectivity index (χ4v) is 0.413. The maximum atomic E-state index is 10.2. The van der Waals surface area contributed by atoms with E-state index in [1.807, 2.05) is 0 Å². The van der Waals surface area contributed by atoms with Gasteiger partial charge in [-0.25, -0.2) is 0 Å². The molecule has 1 radical (unpaired) electrons. The van der Waals surface area contributed by atoms with Crippen molar-refractivity contribution in [3.05, 3.63) is 0 Å². The normalized spacial score (nSPS) is 13.6. The summed E-state index contributed by atoms with van der Waals surface area (Å²) >= 11 is 3.98. The minimum atomic E-state index is -1.02. The number of carboxylic acid groups (broad SMARTS) is 1. The molecule has 0 aliphatic rings. The van der Waals surface area contributed by atoms with Gasteiger partial charge in [0.15, 0.2) is 0 Å². The van der Waals surface area contributed by atoms with E-state index in [9.17, 15) is 4.79 Å². The van der Waals surface area contributed by atoms with Crippen molar-refractivity contribution >= 4 is 18.6 Å². The molecule has 1 atom stereocenters. The quantitative estimate of drug-likeness (QED) is 0.441. The average molecular weight is 204 g/mol. The van der Waals surface area contributed by atoms with Crippen LogP contribution in [0.4, 0.5) is 0 Å². The summed E-state index contributed by atoms with van der Waals surface area (Å²) < 4.78 is -0.647. The standard InChI is InChI=1S/C5H11NO2S.Mn/c1-5(2,9)3(6)4(7)8;/h3,9H,6H2,1-2H3,(H,7,8);/t3-;/m0./s1. The van der Waals surface area contributed by atoms with Crippen LogP contribution < -0.4 is 5.73 Å². The molecule has 61 valence electrons. The van der Waals surface area contributed by atoms with Crippen molar-refractivity contribution in [1.29, 1.82) is 0 Å². The molecule has 5 heteroatoms. The van der Waals surface area contributed by atoms with Gasteiger partial charge >= 0.3 is 5.97 Å². The van der Waals surface area contributed by atoms with Crippen molar-refractivity contribution in [2.75, 3.05) is 0 Å². The van der Waals surface area contributed by atoms with E-state index in [1.54, 1.807) is 13.8 Å². The molecule has 0 bridgehead atoms. The Morgan fingerprint density at radius 1 is 1.70 bits per heavy atom. The summed E-state index contributed by atoms with van der Waals surface area (Å²) in [5.74, 6) is -1.02. The first-order chi connectivity index (χ1) is 3.85. The fraction of sp³-hybridized carbons (Fsp3) is 0.800. The summed E-state index contributed by atoms with van der Waals surface area (Å²) in [4.78, 5) is 10.2. The molecule has 0 saturated heterocycles. The predicted octanol–water partition coefficient (Wildman–Crippen LogP) is 0.104. The van der Waals surface area contributed by atoms with E-state index in [1.165, 1.54) is 0 Å². The van der Waals surface area contributed by atoms with Crippen molar-refractivity contribution in [3.8, 4) is 0 Å². The Hall–Kier alpha value is 0.299. The third kappa shape index (κ3) is 4.17. The number of hydrogen-bond acceptors (Lipinski definition) is 3. The molecule has 0 aliphatic heterocycles. The second-order valence-corrected chi connectivity index (χ2v) is 3.62. The predicted molar refractivity (Wildman–Crippen MR) is 38.7 cm³/mol. The van der Waals surface area contributed by atoms with Crippen LogP contribution in [0, 0.1) is 0 Å². The molecule has 0 aromatic rings. The van der Waals surface area contributed by atoms with E-state index < -0.39 is 16.8 Å². The largest absolute Gasteiger partial charge is 0.480 e. The molecule has 0 spiro atoms. The Morgan fingerprint density at radius 3 is 2.00 bits per heavy atom. The number of nitrogens with two attached hydrogens (primary N) is 1. The van der Waals surface area contributed by atoms with Gasteiger partial charge in [0.1, 0.15) is 6.04 Å². The van der Waals surface area contributed by atoms with Gasteiger partial charge in [-0.1, -0.05) is 0 Å². The van der Waals surface area contributed by atoms with E-state index in [4.69, 9.17) is 10.8 Å². The summed E-state index contributed by atoms with van der Waals surface area (Å²) in [6, 6.07) is -0.902. The maximum absolute atomic E-state index is 10.2. The number of hydrogen-bond donors (Lipinski definition) is 3. The number of aliphatic carboxylic acids is 1. The van der Waals surface area contributed by atoms with Crippen LogP contribution in [0.3, 0.4) is 0 Å². The van der Waals surface area contributed by atoms with Gasteiger partial charge in [0.2, 0.25) is 0 Å². The Labute approximate surface area is 76.2 Å². The van der Waals surface area contributed by atoms with Crippen LogP contribution in [-0.4, -0.2) is 21.9 Å². The first-order valence-corrected chi connectivity index (χ1v) is 3.01. The van der Waals surface area contributed by atoms with Crippen molar-refractivity contribution in [2.45, 2.75) is 24.6 Å². The third-order valence-electron chi connectivity index (χ3n) is 1.03. The summed E-state index contributed by atoms with van der Waals surface area (Å²) in [6.45, 7) is 3.32. The van der Waals surface area contributed by atoms with Gasteiger partial charge in [0, 0.05) is 21.8 Å². The molecule has 0 aliphatic carbocycles. The van der Waals surface area contributed by atoms with Crippen molar-refractivity contribution in [1.82, 2.24) is 0 Å². The Bertz CT molecular complexity index is 123. The van der Waals surface area contributed by atoms with Gasteiger partial charge in [-0.3, -0.25) is 4.79 Å². The molecule has 0 saturated carbocycles. The summed E-state index contributed by atoms with van der Waals surface area (Å²) in [5.41, 5.74) is 5.22. The van der Waals surface area contributed by atoms with Gasteiger partial charge in [0.25, 0.3) is 0 Å². The minimum absolute atomic E-state index is 0. The Morgan fingerprint density at radius 2 is 2.00 bits per heavy atom. The van der Waals surface area contributed by atoms with E-state index in [-0.39, 0.29) is 17.1 Å². The molecule has 0 heterocycles. The maximum Gasteiger partial charge on any atom is 0.321 e. The summed E-state index contributed by atoms with van der Waals surface area (Å²) in [6.07, 6.45) is 0. The van der Waals surface area contributed by atoms with Crippen LogP contribution in [0.15, 0.2) is 0 Å². The average Bonchev–Trinajstić information content (AvgIpc) is 1.62. The molecular weight excluding hydrogens is 193 g/mol. The fourth-order valence-electron chi connectivity index (χ4n) is 0.302. The number of carbonyl (C=O) groups is 1. The molecule has 0 aromatic heterocycles. The minimum Gasteiger partial charge on any atom is -0.480 e. The zero-order valence-corrected chi connectivity index (χ0v) is 7.91. The molecule has 3 nitrogen and oxygen atoms in total.